The van der Waals surface area contributed by atoms with Gasteiger partial charge in [-0.15, -0.1) is 0 Å². The molecule has 21 heavy (non-hydrogen) atoms. The molecular weight excluding hydrogens is 262 g/mol. The minimum absolute atomic E-state index is 0.107. The van der Waals surface area contributed by atoms with Gasteiger partial charge in [0.05, 0.1) is 6.04 Å². The first kappa shape index (κ1) is 17.8. The van der Waals surface area contributed by atoms with Crippen molar-refractivity contribution in [2.24, 2.45) is 5.92 Å². The van der Waals surface area contributed by atoms with E-state index in [0.29, 0.717) is 5.92 Å². The molecule has 1 rings (SSSR count). The zero-order chi connectivity index (χ0) is 16.2. The number of carbonyl (C=O) groups is 1. The molecule has 120 valence electrons. The number of aryl methyl sites for hydroxylation is 1. The molecule has 1 atom stereocenters. The highest BCUT2D eigenvalue weighted by atomic mass is 16.2. The first-order valence-corrected chi connectivity index (χ1v) is 7.88. The van der Waals surface area contributed by atoms with E-state index >= 15 is 0 Å². The lowest BCUT2D eigenvalue weighted by Crippen LogP contribution is -2.44. The number of nitrogens with zero attached hydrogens (tertiary/aromatic N) is 2. The Labute approximate surface area is 129 Å². The lowest BCUT2D eigenvalue weighted by molar-refractivity contribution is -0.131. The molecule has 0 saturated carbocycles. The van der Waals surface area contributed by atoms with Crippen LogP contribution in [0.3, 0.4) is 0 Å². The summed E-state index contributed by atoms with van der Waals surface area (Å²) in [6.45, 7) is 12.5. The predicted molar refractivity (Wildman–Crippen MR) is 88.4 cm³/mol. The molecule has 4 heteroatoms. The van der Waals surface area contributed by atoms with Crippen LogP contribution in [0.25, 0.3) is 0 Å². The molecule has 1 heterocycles. The van der Waals surface area contributed by atoms with Gasteiger partial charge in [-0.2, -0.15) is 0 Å². The summed E-state index contributed by atoms with van der Waals surface area (Å²) in [4.78, 5) is 13.9. The summed E-state index contributed by atoms with van der Waals surface area (Å²) in [7, 11) is 3.64. The van der Waals surface area contributed by atoms with Gasteiger partial charge in [0.25, 0.3) is 0 Å². The Bertz CT molecular complexity index is 475. The standard InChI is InChI=1S/C17H31N3O/c1-8-20-13(4)10-15(14(20)5)11-18-16(9-12(2)3)17(21)19(6)7/h10,12,16,18H,8-9,11H2,1-7H3. The number of likely N-dealkylation sites (N-methyl/N-ethyl adjacent to an activating group) is 1. The number of carbonyl (C=O) groups excluding carboxylic acids is 1. The van der Waals surface area contributed by atoms with E-state index in [1.54, 1.807) is 4.90 Å². The maximum atomic E-state index is 12.3. The molecule has 1 unspecified atom stereocenters. The minimum Gasteiger partial charge on any atom is -0.349 e. The monoisotopic (exact) mass is 293 g/mol. The predicted octanol–water partition coefficient (Wildman–Crippen LogP) is 2.72. The highest BCUT2D eigenvalue weighted by Gasteiger charge is 2.21. The summed E-state index contributed by atoms with van der Waals surface area (Å²) in [5, 5.41) is 3.45. The molecular formula is C17H31N3O. The van der Waals surface area contributed by atoms with E-state index in [0.717, 1.165) is 19.5 Å². The first-order chi connectivity index (χ1) is 9.77. The van der Waals surface area contributed by atoms with Crippen molar-refractivity contribution in [2.45, 2.75) is 60.2 Å². The van der Waals surface area contributed by atoms with E-state index in [1.165, 1.54) is 17.0 Å². The number of aromatic nitrogens is 1. The van der Waals surface area contributed by atoms with Crippen molar-refractivity contribution >= 4 is 5.91 Å². The van der Waals surface area contributed by atoms with E-state index in [1.807, 2.05) is 14.1 Å². The Morgan fingerprint density at radius 1 is 1.33 bits per heavy atom. The van der Waals surface area contributed by atoms with Crippen LogP contribution >= 0.6 is 0 Å². The average Bonchev–Trinajstić information content (AvgIpc) is 2.67. The van der Waals surface area contributed by atoms with Crippen LogP contribution in [0.5, 0.6) is 0 Å². The molecule has 1 aromatic heterocycles. The smallest absolute Gasteiger partial charge is 0.239 e. The number of nitrogens with one attached hydrogen (secondary N) is 1. The number of amides is 1. The fourth-order valence-corrected chi connectivity index (χ4v) is 2.83. The van der Waals surface area contributed by atoms with Crippen LogP contribution in [0.2, 0.25) is 0 Å². The van der Waals surface area contributed by atoms with Crippen LogP contribution in [0.15, 0.2) is 6.07 Å². The van der Waals surface area contributed by atoms with Crippen LogP contribution in [0, 0.1) is 19.8 Å². The van der Waals surface area contributed by atoms with Gasteiger partial charge in [-0.1, -0.05) is 13.8 Å². The lowest BCUT2D eigenvalue weighted by atomic mass is 10.0. The van der Waals surface area contributed by atoms with Crippen molar-refractivity contribution in [3.63, 3.8) is 0 Å². The summed E-state index contributed by atoms with van der Waals surface area (Å²) >= 11 is 0. The third-order valence-electron chi connectivity index (χ3n) is 3.98. The zero-order valence-corrected chi connectivity index (χ0v) is 14.7. The highest BCUT2D eigenvalue weighted by molar-refractivity contribution is 5.81. The van der Waals surface area contributed by atoms with E-state index in [4.69, 9.17) is 0 Å². The minimum atomic E-state index is -0.107. The number of hydrogen-bond acceptors (Lipinski definition) is 2. The first-order valence-electron chi connectivity index (χ1n) is 7.88. The van der Waals surface area contributed by atoms with Crippen LogP contribution in [0.4, 0.5) is 0 Å². The van der Waals surface area contributed by atoms with Crippen LogP contribution in [0.1, 0.15) is 44.1 Å². The summed E-state index contributed by atoms with van der Waals surface area (Å²) < 4.78 is 2.31. The summed E-state index contributed by atoms with van der Waals surface area (Å²) in [6, 6.07) is 2.11. The van der Waals surface area contributed by atoms with Crippen molar-refractivity contribution in [1.29, 1.82) is 0 Å². The molecule has 0 saturated heterocycles. The average molecular weight is 293 g/mol. The normalized spacial score (nSPS) is 12.8. The van der Waals surface area contributed by atoms with E-state index in [2.05, 4.69) is 50.6 Å². The second-order valence-electron chi connectivity index (χ2n) is 6.44. The highest BCUT2D eigenvalue weighted by Crippen LogP contribution is 2.16. The second-order valence-corrected chi connectivity index (χ2v) is 6.44. The Morgan fingerprint density at radius 2 is 1.95 bits per heavy atom. The third kappa shape index (κ3) is 4.60. The van der Waals surface area contributed by atoms with Gasteiger partial charge >= 0.3 is 0 Å². The van der Waals surface area contributed by atoms with Gasteiger partial charge in [0.15, 0.2) is 0 Å². The Kier molecular flexibility index (Phi) is 6.46. The van der Waals surface area contributed by atoms with Crippen LogP contribution < -0.4 is 5.32 Å². The summed E-state index contributed by atoms with van der Waals surface area (Å²) in [5.41, 5.74) is 3.86. The molecule has 0 radical (unpaired) electrons. The molecule has 1 aromatic rings. The SMILES string of the molecule is CCn1c(C)cc(CNC(CC(C)C)C(=O)N(C)C)c1C. The van der Waals surface area contributed by atoms with Gasteiger partial charge in [-0.05, 0) is 44.7 Å². The van der Waals surface area contributed by atoms with Gasteiger partial charge in [0.1, 0.15) is 0 Å². The Morgan fingerprint density at radius 3 is 2.38 bits per heavy atom. The van der Waals surface area contributed by atoms with Gasteiger partial charge < -0.3 is 14.8 Å². The molecule has 1 amide bonds. The van der Waals surface area contributed by atoms with Gasteiger partial charge in [0.2, 0.25) is 5.91 Å². The molecule has 0 bridgehead atoms. The van der Waals surface area contributed by atoms with Gasteiger partial charge in [-0.25, -0.2) is 0 Å². The summed E-state index contributed by atoms with van der Waals surface area (Å²) in [6.07, 6.45) is 0.865. The zero-order valence-electron chi connectivity index (χ0n) is 14.7. The molecule has 4 nitrogen and oxygen atoms in total. The topological polar surface area (TPSA) is 37.3 Å². The molecule has 0 fully saturated rings. The number of rotatable bonds is 7. The fourth-order valence-electron chi connectivity index (χ4n) is 2.83. The van der Waals surface area contributed by atoms with E-state index < -0.39 is 0 Å². The Balaban J connectivity index is 2.79. The molecule has 0 aliphatic rings. The van der Waals surface area contributed by atoms with Crippen molar-refractivity contribution in [3.8, 4) is 0 Å². The van der Waals surface area contributed by atoms with Gasteiger partial charge in [-0.3, -0.25) is 4.79 Å². The van der Waals surface area contributed by atoms with Crippen LogP contribution in [-0.4, -0.2) is 35.5 Å². The maximum absolute atomic E-state index is 12.3. The Hall–Kier alpha value is -1.29. The van der Waals surface area contributed by atoms with Crippen molar-refractivity contribution in [1.82, 2.24) is 14.8 Å². The number of hydrogen-bond donors (Lipinski definition) is 1. The maximum Gasteiger partial charge on any atom is 0.239 e. The molecule has 0 aromatic carbocycles. The molecule has 0 aliphatic heterocycles. The largest absolute Gasteiger partial charge is 0.349 e. The molecule has 1 N–H and O–H groups in total. The van der Waals surface area contributed by atoms with Crippen molar-refractivity contribution in [2.75, 3.05) is 14.1 Å². The third-order valence-corrected chi connectivity index (χ3v) is 3.98. The molecule has 0 spiro atoms. The fraction of sp³-hybridized carbons (Fsp3) is 0.706. The quantitative estimate of drug-likeness (QED) is 0.839. The van der Waals surface area contributed by atoms with Crippen molar-refractivity contribution < 1.29 is 4.79 Å². The van der Waals surface area contributed by atoms with E-state index in [9.17, 15) is 4.79 Å². The molecule has 0 aliphatic carbocycles. The van der Waals surface area contributed by atoms with Crippen molar-refractivity contribution in [3.05, 3.63) is 23.0 Å². The second kappa shape index (κ2) is 7.64. The van der Waals surface area contributed by atoms with Crippen LogP contribution in [-0.2, 0) is 17.9 Å². The lowest BCUT2D eigenvalue weighted by Gasteiger charge is -2.23. The van der Waals surface area contributed by atoms with E-state index in [-0.39, 0.29) is 11.9 Å². The van der Waals surface area contributed by atoms with Gasteiger partial charge in [0, 0.05) is 38.6 Å². The summed E-state index contributed by atoms with van der Waals surface area (Å²) in [5.74, 6) is 0.655.